The quantitative estimate of drug-likeness (QED) is 0.778. The monoisotopic (exact) mass is 385 g/mol. The van der Waals surface area contributed by atoms with Gasteiger partial charge in [-0.05, 0) is 50.4 Å². The number of nitrogens with zero attached hydrogens (tertiary/aromatic N) is 2. The Morgan fingerprint density at radius 3 is 2.56 bits per heavy atom. The van der Waals surface area contributed by atoms with E-state index in [1.165, 1.54) is 6.42 Å². The number of nitrogens with one attached hydrogen (secondary N) is 1. The van der Waals surface area contributed by atoms with Crippen LogP contribution in [0.4, 0.5) is 5.69 Å². The Morgan fingerprint density at radius 2 is 1.88 bits per heavy atom. The third-order valence-electron chi connectivity index (χ3n) is 4.18. The van der Waals surface area contributed by atoms with Crippen LogP contribution in [0.5, 0.6) is 0 Å². The Bertz CT molecular complexity index is 604. The Hall–Kier alpha value is -1.30. The van der Waals surface area contributed by atoms with Gasteiger partial charge in [-0.2, -0.15) is 0 Å². The largest absolute Gasteiger partial charge is 0.342 e. The van der Waals surface area contributed by atoms with Crippen molar-refractivity contribution in [1.82, 2.24) is 9.80 Å². The molecule has 5 nitrogen and oxygen atoms in total. The topological polar surface area (TPSA) is 52.7 Å². The van der Waals surface area contributed by atoms with Gasteiger partial charge >= 0.3 is 0 Å². The minimum atomic E-state index is -0.205. The van der Waals surface area contributed by atoms with Crippen molar-refractivity contribution < 1.29 is 9.59 Å². The summed E-state index contributed by atoms with van der Waals surface area (Å²) in [6.07, 6.45) is 4.18. The van der Waals surface area contributed by atoms with Crippen LogP contribution >= 0.6 is 23.2 Å². The second-order valence-corrected chi connectivity index (χ2v) is 7.17. The molecular weight excluding hydrogens is 361 g/mol. The molecular formula is C18H25Cl2N3O2. The average molecular weight is 386 g/mol. The molecule has 1 aromatic rings. The third kappa shape index (κ3) is 6.49. The van der Waals surface area contributed by atoms with E-state index in [1.54, 1.807) is 18.2 Å². The minimum Gasteiger partial charge on any atom is -0.342 e. The van der Waals surface area contributed by atoms with E-state index in [1.807, 2.05) is 16.7 Å². The SMILES string of the molecule is CCCN(CC(=O)Nc1cc(Cl)ccc1Cl)CC(=O)N1CCCCC1. The van der Waals surface area contributed by atoms with Gasteiger partial charge in [0.2, 0.25) is 11.8 Å². The van der Waals surface area contributed by atoms with Gasteiger partial charge in [0.15, 0.2) is 0 Å². The lowest BCUT2D eigenvalue weighted by Gasteiger charge is -2.29. The van der Waals surface area contributed by atoms with Crippen LogP contribution in [-0.2, 0) is 9.59 Å². The van der Waals surface area contributed by atoms with Crippen LogP contribution in [0.15, 0.2) is 18.2 Å². The van der Waals surface area contributed by atoms with Crippen molar-refractivity contribution in [2.45, 2.75) is 32.6 Å². The summed E-state index contributed by atoms with van der Waals surface area (Å²) in [5.74, 6) is -0.106. The van der Waals surface area contributed by atoms with Crippen LogP contribution in [0.3, 0.4) is 0 Å². The summed E-state index contributed by atoms with van der Waals surface area (Å²) in [6.45, 7) is 4.79. The van der Waals surface area contributed by atoms with Gasteiger partial charge in [0.05, 0.1) is 23.8 Å². The first-order chi connectivity index (χ1) is 12.0. The third-order valence-corrected chi connectivity index (χ3v) is 4.74. The van der Waals surface area contributed by atoms with E-state index >= 15 is 0 Å². The number of carbonyl (C=O) groups is 2. The standard InChI is InChI=1S/C18H25Cl2N3O2/c1-2-8-22(13-18(25)23-9-4-3-5-10-23)12-17(24)21-16-11-14(19)6-7-15(16)20/h6-7,11H,2-5,8-10,12-13H2,1H3,(H,21,24). The van der Waals surface area contributed by atoms with E-state index in [4.69, 9.17) is 23.2 Å². The molecule has 0 spiro atoms. The summed E-state index contributed by atoms with van der Waals surface area (Å²) in [4.78, 5) is 28.6. The van der Waals surface area contributed by atoms with Crippen molar-refractivity contribution in [3.63, 3.8) is 0 Å². The van der Waals surface area contributed by atoms with Gasteiger partial charge in [-0.25, -0.2) is 0 Å². The lowest BCUT2D eigenvalue weighted by atomic mass is 10.1. The number of hydrogen-bond donors (Lipinski definition) is 1. The summed E-state index contributed by atoms with van der Waals surface area (Å²) >= 11 is 12.0. The number of piperidine rings is 1. The normalized spacial score (nSPS) is 14.6. The van der Waals surface area contributed by atoms with Gasteiger partial charge in [-0.1, -0.05) is 30.1 Å². The second-order valence-electron chi connectivity index (χ2n) is 6.32. The number of benzene rings is 1. The molecule has 0 bridgehead atoms. The van der Waals surface area contributed by atoms with Crippen LogP contribution in [0.25, 0.3) is 0 Å². The minimum absolute atomic E-state index is 0.0988. The fourth-order valence-corrected chi connectivity index (χ4v) is 3.29. The molecule has 1 aromatic carbocycles. The number of anilines is 1. The van der Waals surface area contributed by atoms with Gasteiger partial charge in [0.1, 0.15) is 0 Å². The number of amides is 2. The highest BCUT2D eigenvalue weighted by Crippen LogP contribution is 2.25. The smallest absolute Gasteiger partial charge is 0.238 e. The van der Waals surface area contributed by atoms with Gasteiger partial charge < -0.3 is 10.2 Å². The zero-order valence-electron chi connectivity index (χ0n) is 14.6. The van der Waals surface area contributed by atoms with E-state index in [2.05, 4.69) is 5.32 Å². The summed E-state index contributed by atoms with van der Waals surface area (Å²) < 4.78 is 0. The molecule has 2 rings (SSSR count). The molecule has 0 aromatic heterocycles. The van der Waals surface area contributed by atoms with Gasteiger partial charge in [-0.15, -0.1) is 0 Å². The predicted molar refractivity (Wildman–Crippen MR) is 102 cm³/mol. The lowest BCUT2D eigenvalue weighted by Crippen LogP contribution is -2.45. The molecule has 1 aliphatic heterocycles. The maximum absolute atomic E-state index is 12.4. The lowest BCUT2D eigenvalue weighted by molar-refractivity contribution is -0.133. The van der Waals surface area contributed by atoms with Crippen molar-refractivity contribution in [2.75, 3.05) is 38.0 Å². The second kappa shape index (κ2) is 10.00. The Kier molecular flexibility index (Phi) is 8.00. The molecule has 1 fully saturated rings. The summed E-state index contributed by atoms with van der Waals surface area (Å²) in [5.41, 5.74) is 0.484. The Morgan fingerprint density at radius 1 is 1.16 bits per heavy atom. The van der Waals surface area contributed by atoms with Crippen LogP contribution in [-0.4, -0.2) is 54.3 Å². The van der Waals surface area contributed by atoms with Crippen molar-refractivity contribution in [3.8, 4) is 0 Å². The Labute approximate surface area is 159 Å². The highest BCUT2D eigenvalue weighted by molar-refractivity contribution is 6.35. The fraction of sp³-hybridized carbons (Fsp3) is 0.556. The molecule has 0 aliphatic carbocycles. The molecule has 7 heteroatoms. The van der Waals surface area contributed by atoms with Gasteiger partial charge in [0, 0.05) is 18.1 Å². The van der Waals surface area contributed by atoms with Crippen molar-refractivity contribution in [3.05, 3.63) is 28.2 Å². The first kappa shape index (κ1) is 20.0. The van der Waals surface area contributed by atoms with Crippen LogP contribution < -0.4 is 5.32 Å². The molecule has 2 amide bonds. The number of carbonyl (C=O) groups excluding carboxylic acids is 2. The molecule has 0 radical (unpaired) electrons. The Balaban J connectivity index is 1.91. The molecule has 25 heavy (non-hydrogen) atoms. The van der Waals surface area contributed by atoms with Gasteiger partial charge in [-0.3, -0.25) is 14.5 Å². The number of likely N-dealkylation sites (tertiary alicyclic amines) is 1. The fourth-order valence-electron chi connectivity index (χ4n) is 2.95. The number of hydrogen-bond acceptors (Lipinski definition) is 3. The van der Waals surface area contributed by atoms with E-state index in [0.29, 0.717) is 22.3 Å². The molecule has 0 atom stereocenters. The molecule has 1 saturated heterocycles. The summed E-state index contributed by atoms with van der Waals surface area (Å²) in [5, 5.41) is 3.71. The van der Waals surface area contributed by atoms with Crippen LogP contribution in [0.2, 0.25) is 10.0 Å². The highest BCUT2D eigenvalue weighted by atomic mass is 35.5. The van der Waals surface area contributed by atoms with E-state index in [0.717, 1.165) is 32.4 Å². The summed E-state index contributed by atoms with van der Waals surface area (Å²) in [6, 6.07) is 4.92. The van der Waals surface area contributed by atoms with E-state index < -0.39 is 0 Å². The maximum atomic E-state index is 12.4. The van der Waals surface area contributed by atoms with Crippen LogP contribution in [0, 0.1) is 0 Å². The van der Waals surface area contributed by atoms with Gasteiger partial charge in [0.25, 0.3) is 0 Å². The zero-order valence-corrected chi connectivity index (χ0v) is 16.1. The first-order valence-corrected chi connectivity index (χ1v) is 9.50. The molecule has 1 N–H and O–H groups in total. The van der Waals surface area contributed by atoms with Crippen molar-refractivity contribution >= 4 is 40.7 Å². The van der Waals surface area contributed by atoms with Crippen molar-refractivity contribution in [1.29, 1.82) is 0 Å². The average Bonchev–Trinajstić information content (AvgIpc) is 2.59. The molecule has 1 heterocycles. The van der Waals surface area contributed by atoms with Crippen LogP contribution in [0.1, 0.15) is 32.6 Å². The zero-order chi connectivity index (χ0) is 18.2. The molecule has 1 aliphatic rings. The van der Waals surface area contributed by atoms with E-state index in [9.17, 15) is 9.59 Å². The molecule has 0 unspecified atom stereocenters. The maximum Gasteiger partial charge on any atom is 0.238 e. The molecule has 0 saturated carbocycles. The van der Waals surface area contributed by atoms with E-state index in [-0.39, 0.29) is 24.9 Å². The predicted octanol–water partition coefficient (Wildman–Crippen LogP) is 3.66. The highest BCUT2D eigenvalue weighted by Gasteiger charge is 2.20. The van der Waals surface area contributed by atoms with Crippen molar-refractivity contribution in [2.24, 2.45) is 0 Å². The number of rotatable bonds is 7. The summed E-state index contributed by atoms with van der Waals surface area (Å²) in [7, 11) is 0. The molecule has 138 valence electrons. The first-order valence-electron chi connectivity index (χ1n) is 8.74. The number of halogens is 2.